The zero-order valence-electron chi connectivity index (χ0n) is 15.1. The van der Waals surface area contributed by atoms with E-state index in [0.29, 0.717) is 37.9 Å². The van der Waals surface area contributed by atoms with Crippen molar-refractivity contribution in [3.63, 3.8) is 0 Å². The Morgan fingerprint density at radius 2 is 1.91 bits per heavy atom. The van der Waals surface area contributed by atoms with Gasteiger partial charge >= 0.3 is 0 Å². The minimum absolute atomic E-state index is 0.201. The van der Waals surface area contributed by atoms with Gasteiger partial charge in [0, 0.05) is 0 Å². The van der Waals surface area contributed by atoms with Crippen molar-refractivity contribution >= 4 is 14.0 Å². The van der Waals surface area contributed by atoms with Crippen LogP contribution >= 0.6 is 0 Å². The van der Waals surface area contributed by atoms with Crippen LogP contribution in [-0.2, 0) is 15.8 Å². The zero-order valence-corrected chi connectivity index (χ0v) is 16.1. The maximum atomic E-state index is 6.21. The lowest BCUT2D eigenvalue weighted by atomic mass is 10.2. The summed E-state index contributed by atoms with van der Waals surface area (Å²) in [5.41, 5.74) is 7.76. The number of anilines is 1. The van der Waals surface area contributed by atoms with Gasteiger partial charge in [0.2, 0.25) is 0 Å². The van der Waals surface area contributed by atoms with Gasteiger partial charge in [-0.05, 0) is 35.8 Å². The smallest absolute Gasteiger partial charge is 0.192 e. The van der Waals surface area contributed by atoms with Crippen LogP contribution in [0.1, 0.15) is 26.3 Å². The fourth-order valence-electron chi connectivity index (χ4n) is 1.68. The maximum absolute atomic E-state index is 6.21. The molecular formula is C18H31NO3Si. The molecule has 0 fully saturated rings. The van der Waals surface area contributed by atoms with Crippen molar-refractivity contribution in [2.45, 2.75) is 45.5 Å². The molecule has 1 rings (SSSR count). The number of hydrogen-bond donors (Lipinski definition) is 1. The van der Waals surface area contributed by atoms with Crippen molar-refractivity contribution < 1.29 is 13.9 Å². The molecule has 5 heteroatoms. The van der Waals surface area contributed by atoms with Crippen molar-refractivity contribution in [2.75, 3.05) is 25.6 Å². The molecule has 0 spiro atoms. The Balaban J connectivity index is 2.54. The van der Waals surface area contributed by atoms with E-state index in [9.17, 15) is 0 Å². The third-order valence-electron chi connectivity index (χ3n) is 4.20. The maximum Gasteiger partial charge on any atom is 0.192 e. The van der Waals surface area contributed by atoms with Gasteiger partial charge in [0.1, 0.15) is 12.4 Å². The van der Waals surface area contributed by atoms with Crippen molar-refractivity contribution in [3.8, 4) is 5.75 Å². The highest BCUT2D eigenvalue weighted by Gasteiger charge is 2.37. The molecule has 0 aliphatic carbocycles. The first-order valence-corrected chi connectivity index (χ1v) is 10.9. The predicted octanol–water partition coefficient (Wildman–Crippen LogP) is 4.37. The number of hydrogen-bond acceptors (Lipinski definition) is 4. The molecule has 0 bridgehead atoms. The molecule has 0 amide bonds. The van der Waals surface area contributed by atoms with Crippen LogP contribution in [0.4, 0.5) is 5.69 Å². The highest BCUT2D eigenvalue weighted by molar-refractivity contribution is 6.74. The molecule has 1 aromatic carbocycles. The molecule has 0 unspecified atom stereocenters. The van der Waals surface area contributed by atoms with Crippen LogP contribution in [0.25, 0.3) is 0 Å². The summed E-state index contributed by atoms with van der Waals surface area (Å²) in [6.07, 6.45) is 1.71. The van der Waals surface area contributed by atoms with Crippen molar-refractivity contribution in [1.82, 2.24) is 0 Å². The second-order valence-corrected chi connectivity index (χ2v) is 11.9. The lowest BCUT2D eigenvalue weighted by molar-refractivity contribution is 0.121. The summed E-state index contributed by atoms with van der Waals surface area (Å²) in [5.74, 6) is 0.684. The van der Waals surface area contributed by atoms with Crippen LogP contribution in [0.5, 0.6) is 5.75 Å². The number of ether oxygens (including phenoxy) is 2. The van der Waals surface area contributed by atoms with Gasteiger partial charge in [-0.25, -0.2) is 0 Å². The molecule has 4 nitrogen and oxygen atoms in total. The van der Waals surface area contributed by atoms with E-state index in [1.807, 2.05) is 18.2 Å². The van der Waals surface area contributed by atoms with Crippen molar-refractivity contribution in [2.24, 2.45) is 0 Å². The van der Waals surface area contributed by atoms with E-state index in [4.69, 9.17) is 19.6 Å². The summed E-state index contributed by atoms with van der Waals surface area (Å²) in [4.78, 5) is 0. The molecule has 0 heterocycles. The summed E-state index contributed by atoms with van der Waals surface area (Å²) in [6, 6.07) is 5.82. The third-order valence-corrected chi connectivity index (χ3v) is 8.68. The van der Waals surface area contributed by atoms with Crippen LogP contribution in [0.2, 0.25) is 18.1 Å². The van der Waals surface area contributed by atoms with Crippen LogP contribution in [0.15, 0.2) is 30.9 Å². The highest BCUT2D eigenvalue weighted by Crippen LogP contribution is 2.37. The second-order valence-electron chi connectivity index (χ2n) is 7.13. The second kappa shape index (κ2) is 8.52. The third kappa shape index (κ3) is 6.37. The number of rotatable bonds is 9. The number of benzene rings is 1. The standard InChI is InChI=1S/C18H31NO3Si/c1-7-10-20-11-12-21-17-9-8-15(13-16(17)19)14-22-23(5,6)18(2,3)4/h7-9,13H,1,10-12,14,19H2,2-6H3. The molecule has 0 atom stereocenters. The SMILES string of the molecule is C=CCOCCOc1ccc(CO[Si](C)(C)C(C)(C)C)cc1N. The van der Waals surface area contributed by atoms with Gasteiger partial charge in [0.25, 0.3) is 0 Å². The number of nitrogen functional groups attached to an aromatic ring is 1. The summed E-state index contributed by atoms with van der Waals surface area (Å²) >= 11 is 0. The van der Waals surface area contributed by atoms with E-state index >= 15 is 0 Å². The van der Waals surface area contributed by atoms with Crippen LogP contribution < -0.4 is 10.5 Å². The molecule has 23 heavy (non-hydrogen) atoms. The van der Waals surface area contributed by atoms with E-state index in [1.54, 1.807) is 6.08 Å². The molecule has 0 saturated heterocycles. The van der Waals surface area contributed by atoms with Gasteiger partial charge in [-0.15, -0.1) is 6.58 Å². The summed E-state index contributed by atoms with van der Waals surface area (Å²) in [5, 5.41) is 0.201. The molecule has 0 radical (unpaired) electrons. The van der Waals surface area contributed by atoms with E-state index < -0.39 is 8.32 Å². The van der Waals surface area contributed by atoms with Crippen LogP contribution in [0.3, 0.4) is 0 Å². The molecule has 0 aliphatic heterocycles. The van der Waals surface area contributed by atoms with Gasteiger partial charge in [0.05, 0.1) is 25.5 Å². The Hall–Kier alpha value is -1.30. The quantitative estimate of drug-likeness (QED) is 0.315. The van der Waals surface area contributed by atoms with Gasteiger partial charge in [0.15, 0.2) is 8.32 Å². The molecule has 0 saturated carbocycles. The normalized spacial score (nSPS) is 12.2. The van der Waals surface area contributed by atoms with Crippen molar-refractivity contribution in [1.29, 1.82) is 0 Å². The van der Waals surface area contributed by atoms with Crippen LogP contribution in [-0.4, -0.2) is 28.1 Å². The van der Waals surface area contributed by atoms with E-state index in [2.05, 4.69) is 40.4 Å². The topological polar surface area (TPSA) is 53.7 Å². The molecule has 2 N–H and O–H groups in total. The summed E-state index contributed by atoms with van der Waals surface area (Å²) < 4.78 is 17.1. The fraction of sp³-hybridized carbons (Fsp3) is 0.556. The fourth-order valence-corrected chi connectivity index (χ4v) is 2.64. The van der Waals surface area contributed by atoms with Crippen molar-refractivity contribution in [3.05, 3.63) is 36.4 Å². The van der Waals surface area contributed by atoms with Crippen LogP contribution in [0, 0.1) is 0 Å². The first-order valence-electron chi connectivity index (χ1n) is 8.01. The largest absolute Gasteiger partial charge is 0.489 e. The Kier molecular flexibility index (Phi) is 7.31. The lowest BCUT2D eigenvalue weighted by Crippen LogP contribution is -2.40. The van der Waals surface area contributed by atoms with E-state index in [-0.39, 0.29) is 5.04 Å². The number of nitrogens with two attached hydrogens (primary N) is 1. The molecule has 1 aromatic rings. The summed E-state index contributed by atoms with van der Waals surface area (Å²) in [6.45, 7) is 16.9. The zero-order chi connectivity index (χ0) is 17.5. The summed E-state index contributed by atoms with van der Waals surface area (Å²) in [7, 11) is -1.75. The first-order chi connectivity index (χ1) is 10.7. The average molecular weight is 338 g/mol. The highest BCUT2D eigenvalue weighted by atomic mass is 28.4. The van der Waals surface area contributed by atoms with E-state index in [1.165, 1.54) is 0 Å². The van der Waals surface area contributed by atoms with Gasteiger partial charge in [-0.2, -0.15) is 0 Å². The average Bonchev–Trinajstić information content (AvgIpc) is 2.45. The molecule has 0 aliphatic rings. The Morgan fingerprint density at radius 3 is 2.48 bits per heavy atom. The molecule has 0 aromatic heterocycles. The predicted molar refractivity (Wildman–Crippen MR) is 99.4 cm³/mol. The van der Waals surface area contributed by atoms with Gasteiger partial charge in [-0.3, -0.25) is 0 Å². The molecular weight excluding hydrogens is 306 g/mol. The monoisotopic (exact) mass is 337 g/mol. The first kappa shape index (κ1) is 19.7. The molecule has 130 valence electrons. The Morgan fingerprint density at radius 1 is 1.22 bits per heavy atom. The van der Waals surface area contributed by atoms with Gasteiger partial charge < -0.3 is 19.6 Å². The van der Waals surface area contributed by atoms with Gasteiger partial charge in [-0.1, -0.05) is 32.9 Å². The minimum Gasteiger partial charge on any atom is -0.489 e. The Labute approximate surface area is 141 Å². The minimum atomic E-state index is -1.75. The van der Waals surface area contributed by atoms with E-state index in [0.717, 1.165) is 5.56 Å². The lowest BCUT2D eigenvalue weighted by Gasteiger charge is -2.36. The Bertz CT molecular complexity index is 509.